The number of nitrogens with zero attached hydrogens (tertiary/aromatic N) is 2. The number of amides is 3. The van der Waals surface area contributed by atoms with Crippen molar-refractivity contribution in [2.45, 2.75) is 11.8 Å². The van der Waals surface area contributed by atoms with Crippen molar-refractivity contribution in [2.24, 2.45) is 5.73 Å². The molecule has 0 aliphatic heterocycles. The van der Waals surface area contributed by atoms with Crippen molar-refractivity contribution in [3.63, 3.8) is 0 Å². The van der Waals surface area contributed by atoms with E-state index in [-0.39, 0.29) is 23.5 Å². The Labute approximate surface area is 134 Å². The summed E-state index contributed by atoms with van der Waals surface area (Å²) in [7, 11) is 0. The Kier molecular flexibility index (Phi) is 5.61. The van der Waals surface area contributed by atoms with Gasteiger partial charge in [0.15, 0.2) is 6.61 Å². The fourth-order valence-electron chi connectivity index (χ4n) is 1.36. The highest BCUT2D eigenvalue weighted by molar-refractivity contribution is 7.99. The van der Waals surface area contributed by atoms with E-state index >= 15 is 0 Å². The minimum absolute atomic E-state index is 0.0464. The van der Waals surface area contributed by atoms with Crippen LogP contribution in [0.15, 0.2) is 33.9 Å². The van der Waals surface area contributed by atoms with Gasteiger partial charge in [0.25, 0.3) is 11.1 Å². The predicted molar refractivity (Wildman–Crippen MR) is 78.5 cm³/mol. The topological polar surface area (TPSA) is 120 Å². The monoisotopic (exact) mass is 342 g/mol. The molecule has 0 aliphatic rings. The van der Waals surface area contributed by atoms with Crippen LogP contribution >= 0.6 is 23.4 Å². The second-order valence-electron chi connectivity index (χ2n) is 3.88. The third-order valence-electron chi connectivity index (χ3n) is 2.23. The van der Waals surface area contributed by atoms with Gasteiger partial charge in [-0.2, -0.15) is 0 Å². The number of urea groups is 1. The highest BCUT2D eigenvalue weighted by atomic mass is 35.5. The van der Waals surface area contributed by atoms with Crippen LogP contribution in [-0.4, -0.2) is 27.9 Å². The molecule has 0 radical (unpaired) electrons. The lowest BCUT2D eigenvalue weighted by atomic mass is 10.3. The van der Waals surface area contributed by atoms with E-state index in [9.17, 15) is 9.59 Å². The molecular formula is C12H11ClN4O4S. The molecule has 0 fully saturated rings. The number of halogens is 1. The molecule has 1 aromatic carbocycles. The highest BCUT2D eigenvalue weighted by Gasteiger charge is 2.11. The second-order valence-corrected chi connectivity index (χ2v) is 5.22. The number of ether oxygens (including phenoxy) is 1. The van der Waals surface area contributed by atoms with E-state index in [2.05, 4.69) is 10.2 Å². The molecule has 0 saturated carbocycles. The molecule has 1 heterocycles. The van der Waals surface area contributed by atoms with E-state index in [1.54, 1.807) is 24.3 Å². The maximum atomic E-state index is 11.2. The molecule has 22 heavy (non-hydrogen) atoms. The number of thioether (sulfide) groups is 1. The zero-order chi connectivity index (χ0) is 15.9. The van der Waals surface area contributed by atoms with Gasteiger partial charge < -0.3 is 14.9 Å². The van der Waals surface area contributed by atoms with Gasteiger partial charge in [-0.1, -0.05) is 35.5 Å². The molecular weight excluding hydrogens is 332 g/mol. The van der Waals surface area contributed by atoms with Crippen LogP contribution < -0.4 is 15.8 Å². The van der Waals surface area contributed by atoms with Crippen LogP contribution in [0.3, 0.4) is 0 Å². The van der Waals surface area contributed by atoms with Gasteiger partial charge in [-0.15, -0.1) is 10.2 Å². The average molecular weight is 343 g/mol. The Hall–Kier alpha value is -2.26. The molecule has 0 unspecified atom stereocenters. The zero-order valence-corrected chi connectivity index (χ0v) is 12.7. The van der Waals surface area contributed by atoms with Crippen LogP contribution in [0.5, 0.6) is 5.75 Å². The first-order valence-corrected chi connectivity index (χ1v) is 7.32. The van der Waals surface area contributed by atoms with Gasteiger partial charge in [-0.25, -0.2) is 4.79 Å². The summed E-state index contributed by atoms with van der Waals surface area (Å²) in [6.45, 7) is 0.0464. The van der Waals surface area contributed by atoms with E-state index in [1.807, 2.05) is 5.32 Å². The van der Waals surface area contributed by atoms with E-state index in [1.165, 1.54) is 0 Å². The lowest BCUT2D eigenvalue weighted by Gasteiger charge is -2.04. The number of nitrogens with two attached hydrogens (primary N) is 1. The van der Waals surface area contributed by atoms with Crippen molar-refractivity contribution in [3.8, 4) is 5.75 Å². The SMILES string of the molecule is NC(=O)NC(=O)CSc1nnc(COc2ccccc2Cl)o1. The Balaban J connectivity index is 1.83. The summed E-state index contributed by atoms with van der Waals surface area (Å²) in [6.07, 6.45) is 0. The number of primary amides is 1. The Morgan fingerprint density at radius 3 is 2.86 bits per heavy atom. The number of carbonyl (C=O) groups excluding carboxylic acids is 2. The summed E-state index contributed by atoms with van der Waals surface area (Å²) < 4.78 is 10.7. The molecule has 1 aromatic heterocycles. The van der Waals surface area contributed by atoms with Crippen LogP contribution in [0.25, 0.3) is 0 Å². The number of hydrogen-bond donors (Lipinski definition) is 2. The summed E-state index contributed by atoms with van der Waals surface area (Å²) >= 11 is 6.92. The molecule has 116 valence electrons. The van der Waals surface area contributed by atoms with Crippen molar-refractivity contribution >= 4 is 35.3 Å². The lowest BCUT2D eigenvalue weighted by Crippen LogP contribution is -2.36. The summed E-state index contributed by atoms with van der Waals surface area (Å²) in [6, 6.07) is 6.07. The van der Waals surface area contributed by atoms with E-state index in [0.717, 1.165) is 11.8 Å². The van der Waals surface area contributed by atoms with Gasteiger partial charge in [-0.3, -0.25) is 10.1 Å². The van der Waals surface area contributed by atoms with Crippen LogP contribution in [0, 0.1) is 0 Å². The predicted octanol–water partition coefficient (Wildman–Crippen LogP) is 1.59. The summed E-state index contributed by atoms with van der Waals surface area (Å²) in [4.78, 5) is 21.7. The van der Waals surface area contributed by atoms with Gasteiger partial charge >= 0.3 is 6.03 Å². The number of aromatic nitrogens is 2. The first kappa shape index (κ1) is 16.1. The van der Waals surface area contributed by atoms with Gasteiger partial charge in [0.1, 0.15) is 5.75 Å². The van der Waals surface area contributed by atoms with E-state index < -0.39 is 11.9 Å². The standard InChI is InChI=1S/C12H11ClN4O4S/c13-7-3-1-2-4-8(7)20-5-10-16-17-12(21-10)22-6-9(18)15-11(14)19/h1-4H,5-6H2,(H3,14,15,18,19). The summed E-state index contributed by atoms with van der Waals surface area (Å²) in [5, 5.41) is 10.1. The maximum absolute atomic E-state index is 11.2. The maximum Gasteiger partial charge on any atom is 0.318 e. The number of hydrogen-bond acceptors (Lipinski definition) is 7. The van der Waals surface area contributed by atoms with Gasteiger partial charge in [0, 0.05) is 0 Å². The van der Waals surface area contributed by atoms with Crippen molar-refractivity contribution in [3.05, 3.63) is 35.2 Å². The molecule has 0 atom stereocenters. The van der Waals surface area contributed by atoms with E-state index in [0.29, 0.717) is 10.8 Å². The summed E-state index contributed by atoms with van der Waals surface area (Å²) in [5.74, 6) is 0.107. The number of para-hydroxylation sites is 1. The molecule has 0 aliphatic carbocycles. The molecule has 0 bridgehead atoms. The normalized spacial score (nSPS) is 10.2. The fourth-order valence-corrected chi connectivity index (χ4v) is 2.13. The zero-order valence-electron chi connectivity index (χ0n) is 11.1. The Morgan fingerprint density at radius 1 is 1.36 bits per heavy atom. The average Bonchev–Trinajstić information content (AvgIpc) is 2.91. The van der Waals surface area contributed by atoms with Gasteiger partial charge in [-0.05, 0) is 12.1 Å². The molecule has 8 nitrogen and oxygen atoms in total. The van der Waals surface area contributed by atoms with Crippen molar-refractivity contribution in [2.75, 3.05) is 5.75 Å². The molecule has 3 N–H and O–H groups in total. The number of rotatable bonds is 6. The van der Waals surface area contributed by atoms with Crippen molar-refractivity contribution in [1.29, 1.82) is 0 Å². The van der Waals surface area contributed by atoms with E-state index in [4.69, 9.17) is 26.5 Å². The number of nitrogens with one attached hydrogen (secondary N) is 1. The first-order valence-electron chi connectivity index (χ1n) is 5.96. The molecule has 3 amide bonds. The third-order valence-corrected chi connectivity index (χ3v) is 3.36. The Morgan fingerprint density at radius 2 is 2.14 bits per heavy atom. The van der Waals surface area contributed by atoms with Crippen LogP contribution in [-0.2, 0) is 11.4 Å². The van der Waals surface area contributed by atoms with Crippen LogP contribution in [0.2, 0.25) is 5.02 Å². The fraction of sp³-hybridized carbons (Fsp3) is 0.167. The van der Waals surface area contributed by atoms with Gasteiger partial charge in [0.05, 0.1) is 10.8 Å². The van der Waals surface area contributed by atoms with Crippen LogP contribution in [0.1, 0.15) is 5.89 Å². The second kappa shape index (κ2) is 7.66. The van der Waals surface area contributed by atoms with Crippen molar-refractivity contribution in [1.82, 2.24) is 15.5 Å². The van der Waals surface area contributed by atoms with Crippen LogP contribution in [0.4, 0.5) is 4.79 Å². The summed E-state index contributed by atoms with van der Waals surface area (Å²) in [5.41, 5.74) is 4.81. The molecule has 0 spiro atoms. The molecule has 2 rings (SSSR count). The minimum atomic E-state index is -0.912. The Bertz CT molecular complexity index is 679. The first-order chi connectivity index (χ1) is 10.5. The number of carbonyl (C=O) groups is 2. The van der Waals surface area contributed by atoms with Crippen molar-refractivity contribution < 1.29 is 18.7 Å². The largest absolute Gasteiger partial charge is 0.482 e. The molecule has 10 heteroatoms. The molecule has 2 aromatic rings. The number of imide groups is 1. The molecule has 0 saturated heterocycles. The minimum Gasteiger partial charge on any atom is -0.482 e. The third kappa shape index (κ3) is 4.93. The highest BCUT2D eigenvalue weighted by Crippen LogP contribution is 2.24. The quantitative estimate of drug-likeness (QED) is 0.764. The number of benzene rings is 1. The smallest absolute Gasteiger partial charge is 0.318 e. The lowest BCUT2D eigenvalue weighted by molar-refractivity contribution is -0.117. The van der Waals surface area contributed by atoms with Gasteiger partial charge in [0.2, 0.25) is 5.91 Å².